The van der Waals surface area contributed by atoms with Gasteiger partial charge in [-0.3, -0.25) is 4.90 Å². The smallest absolute Gasteiger partial charge is 0.123 e. The summed E-state index contributed by atoms with van der Waals surface area (Å²) in [5.74, 6) is -0.232. The van der Waals surface area contributed by atoms with E-state index in [2.05, 4.69) is 16.9 Å². The lowest BCUT2D eigenvalue weighted by Crippen LogP contribution is -2.31. The highest BCUT2D eigenvalue weighted by atomic mass is 35.5. The molecule has 1 unspecified atom stereocenters. The van der Waals surface area contributed by atoms with Gasteiger partial charge in [0.15, 0.2) is 0 Å². The maximum Gasteiger partial charge on any atom is 0.123 e. The van der Waals surface area contributed by atoms with Gasteiger partial charge in [0.25, 0.3) is 0 Å². The molecule has 1 atom stereocenters. The molecule has 6 heteroatoms. The molecule has 0 spiro atoms. The van der Waals surface area contributed by atoms with Gasteiger partial charge >= 0.3 is 0 Å². The zero-order valence-electron chi connectivity index (χ0n) is 12.7. The number of nitrogens with zero attached hydrogens (tertiary/aromatic N) is 3. The summed E-state index contributed by atoms with van der Waals surface area (Å²) in [4.78, 5) is 2.42. The Balaban J connectivity index is 0.00000176. The standard InChI is InChI=1S/C16H21FN4.ClH/c1-16(11-18)6-7-20(12-16)9-13-8-19-21(10-13)15-4-2-14(17)3-5-15;/h2-5,8,10H,6-7,9,11-12,18H2,1H3;1H. The number of hydrogen-bond donors (Lipinski definition) is 1. The second kappa shape index (κ2) is 6.77. The van der Waals surface area contributed by atoms with Crippen LogP contribution in [0.25, 0.3) is 5.69 Å². The predicted octanol–water partition coefficient (Wildman–Crippen LogP) is 2.60. The van der Waals surface area contributed by atoms with Gasteiger partial charge in [-0.05, 0) is 49.2 Å². The molecule has 2 N–H and O–H groups in total. The van der Waals surface area contributed by atoms with Gasteiger partial charge in [-0.25, -0.2) is 9.07 Å². The fourth-order valence-electron chi connectivity index (χ4n) is 2.86. The van der Waals surface area contributed by atoms with Crippen molar-refractivity contribution in [1.29, 1.82) is 0 Å². The van der Waals surface area contributed by atoms with Gasteiger partial charge in [0, 0.05) is 24.8 Å². The molecule has 1 saturated heterocycles. The zero-order valence-corrected chi connectivity index (χ0v) is 13.5. The van der Waals surface area contributed by atoms with E-state index in [0.717, 1.165) is 38.3 Å². The first-order chi connectivity index (χ1) is 10.1. The van der Waals surface area contributed by atoms with Crippen molar-refractivity contribution in [2.45, 2.75) is 19.9 Å². The molecule has 0 saturated carbocycles. The normalized spacial score (nSPS) is 21.8. The van der Waals surface area contributed by atoms with E-state index in [1.54, 1.807) is 16.8 Å². The monoisotopic (exact) mass is 324 g/mol. The second-order valence-electron chi connectivity index (χ2n) is 6.25. The Morgan fingerprint density at radius 1 is 1.32 bits per heavy atom. The van der Waals surface area contributed by atoms with Gasteiger partial charge in [0.2, 0.25) is 0 Å². The number of benzene rings is 1. The lowest BCUT2D eigenvalue weighted by molar-refractivity contribution is 0.274. The Labute approximate surface area is 136 Å². The van der Waals surface area contributed by atoms with Gasteiger partial charge in [0.1, 0.15) is 5.82 Å². The van der Waals surface area contributed by atoms with E-state index in [1.165, 1.54) is 17.7 Å². The lowest BCUT2D eigenvalue weighted by Gasteiger charge is -2.22. The predicted molar refractivity (Wildman–Crippen MR) is 87.8 cm³/mol. The van der Waals surface area contributed by atoms with Crippen LogP contribution in [0.5, 0.6) is 0 Å². The molecule has 1 aromatic carbocycles. The van der Waals surface area contributed by atoms with Crippen molar-refractivity contribution in [2.75, 3.05) is 19.6 Å². The molecular weight excluding hydrogens is 303 g/mol. The van der Waals surface area contributed by atoms with E-state index in [-0.39, 0.29) is 23.6 Å². The Morgan fingerprint density at radius 3 is 2.68 bits per heavy atom. The van der Waals surface area contributed by atoms with Crippen molar-refractivity contribution < 1.29 is 4.39 Å². The molecule has 0 bridgehead atoms. The maximum absolute atomic E-state index is 12.9. The third-order valence-corrected chi connectivity index (χ3v) is 4.26. The molecule has 1 aliphatic heterocycles. The van der Waals surface area contributed by atoms with Crippen LogP contribution in [0.4, 0.5) is 4.39 Å². The molecule has 1 aliphatic rings. The Morgan fingerprint density at radius 2 is 2.05 bits per heavy atom. The van der Waals surface area contributed by atoms with Crippen molar-refractivity contribution in [2.24, 2.45) is 11.1 Å². The number of hydrogen-bond acceptors (Lipinski definition) is 3. The van der Waals surface area contributed by atoms with Crippen molar-refractivity contribution in [1.82, 2.24) is 14.7 Å². The quantitative estimate of drug-likeness (QED) is 0.940. The lowest BCUT2D eigenvalue weighted by atomic mass is 9.90. The molecule has 1 fully saturated rings. The van der Waals surface area contributed by atoms with Crippen molar-refractivity contribution in [3.05, 3.63) is 48.0 Å². The molecule has 22 heavy (non-hydrogen) atoms. The topological polar surface area (TPSA) is 47.1 Å². The van der Waals surface area contributed by atoms with Gasteiger partial charge < -0.3 is 5.73 Å². The largest absolute Gasteiger partial charge is 0.330 e. The molecule has 0 amide bonds. The van der Waals surface area contributed by atoms with Gasteiger partial charge in [-0.2, -0.15) is 5.10 Å². The first kappa shape index (κ1) is 16.9. The Kier molecular flexibility index (Phi) is 5.21. The van der Waals surface area contributed by atoms with E-state index in [9.17, 15) is 4.39 Å². The summed E-state index contributed by atoms with van der Waals surface area (Å²) in [5, 5.41) is 4.36. The van der Waals surface area contributed by atoms with E-state index < -0.39 is 0 Å². The van der Waals surface area contributed by atoms with Crippen LogP contribution in [0.3, 0.4) is 0 Å². The fraction of sp³-hybridized carbons (Fsp3) is 0.438. The van der Waals surface area contributed by atoms with E-state index in [0.29, 0.717) is 0 Å². The maximum atomic E-state index is 12.9. The van der Waals surface area contributed by atoms with E-state index in [1.807, 2.05) is 12.4 Å². The molecule has 1 aromatic heterocycles. The SMILES string of the molecule is CC1(CN)CCN(Cc2cnn(-c3ccc(F)cc3)c2)C1.Cl. The van der Waals surface area contributed by atoms with Crippen molar-refractivity contribution >= 4 is 12.4 Å². The van der Waals surface area contributed by atoms with Crippen LogP contribution in [0.15, 0.2) is 36.7 Å². The molecular formula is C16H22ClFN4. The van der Waals surface area contributed by atoms with E-state index in [4.69, 9.17) is 5.73 Å². The Hall–Kier alpha value is -1.43. The summed E-state index contributed by atoms with van der Waals surface area (Å²) >= 11 is 0. The molecule has 0 aliphatic carbocycles. The molecule has 4 nitrogen and oxygen atoms in total. The third-order valence-electron chi connectivity index (χ3n) is 4.26. The van der Waals surface area contributed by atoms with Crippen LogP contribution in [-0.4, -0.2) is 34.3 Å². The van der Waals surface area contributed by atoms with Crippen LogP contribution in [0.2, 0.25) is 0 Å². The van der Waals surface area contributed by atoms with Crippen molar-refractivity contribution in [3.63, 3.8) is 0 Å². The molecule has 0 radical (unpaired) electrons. The highest BCUT2D eigenvalue weighted by Gasteiger charge is 2.32. The number of aromatic nitrogens is 2. The van der Waals surface area contributed by atoms with Crippen LogP contribution in [0.1, 0.15) is 18.9 Å². The molecule has 2 aromatic rings. The Bertz CT molecular complexity index is 613. The van der Waals surface area contributed by atoms with Gasteiger partial charge in [-0.1, -0.05) is 6.92 Å². The highest BCUT2D eigenvalue weighted by Crippen LogP contribution is 2.29. The minimum atomic E-state index is -0.232. The minimum Gasteiger partial charge on any atom is -0.330 e. The first-order valence-electron chi connectivity index (χ1n) is 7.30. The van der Waals surface area contributed by atoms with Crippen LogP contribution in [-0.2, 0) is 6.54 Å². The second-order valence-corrected chi connectivity index (χ2v) is 6.25. The highest BCUT2D eigenvalue weighted by molar-refractivity contribution is 5.85. The van der Waals surface area contributed by atoms with Crippen LogP contribution in [0, 0.1) is 11.2 Å². The molecule has 120 valence electrons. The summed E-state index contributed by atoms with van der Waals surface area (Å²) in [6.45, 7) is 5.98. The molecule has 3 rings (SSSR count). The minimum absolute atomic E-state index is 0. The van der Waals surface area contributed by atoms with Crippen LogP contribution >= 0.6 is 12.4 Å². The number of halogens is 2. The summed E-state index contributed by atoms with van der Waals surface area (Å²) < 4.78 is 14.7. The average Bonchev–Trinajstić information content (AvgIpc) is 3.08. The average molecular weight is 325 g/mol. The molecule has 2 heterocycles. The van der Waals surface area contributed by atoms with Crippen LogP contribution < -0.4 is 5.73 Å². The summed E-state index contributed by atoms with van der Waals surface area (Å²) in [5.41, 5.74) is 8.12. The third kappa shape index (κ3) is 3.66. The van der Waals surface area contributed by atoms with Crippen molar-refractivity contribution in [3.8, 4) is 5.69 Å². The fourth-order valence-corrected chi connectivity index (χ4v) is 2.86. The summed E-state index contributed by atoms with van der Waals surface area (Å²) in [7, 11) is 0. The number of rotatable bonds is 4. The number of nitrogens with two attached hydrogens (primary N) is 1. The first-order valence-corrected chi connectivity index (χ1v) is 7.30. The summed E-state index contributed by atoms with van der Waals surface area (Å²) in [6, 6.07) is 6.36. The van der Waals surface area contributed by atoms with Gasteiger partial charge in [0.05, 0.1) is 11.9 Å². The summed E-state index contributed by atoms with van der Waals surface area (Å²) in [6.07, 6.45) is 5.03. The number of likely N-dealkylation sites (tertiary alicyclic amines) is 1. The zero-order chi connectivity index (χ0) is 14.9. The van der Waals surface area contributed by atoms with Gasteiger partial charge in [-0.15, -0.1) is 12.4 Å². The van der Waals surface area contributed by atoms with E-state index >= 15 is 0 Å².